The molecule has 2 rings (SSSR count). The second-order valence-electron chi connectivity index (χ2n) is 6.35. The van der Waals surface area contributed by atoms with Gasteiger partial charge in [-0.2, -0.15) is 5.10 Å². The third-order valence-electron chi connectivity index (χ3n) is 3.85. The zero-order chi connectivity index (χ0) is 19.1. The van der Waals surface area contributed by atoms with Gasteiger partial charge in [0.1, 0.15) is 5.75 Å². The van der Waals surface area contributed by atoms with E-state index < -0.39 is 11.8 Å². The summed E-state index contributed by atoms with van der Waals surface area (Å²) in [5.74, 6) is -0.832. The van der Waals surface area contributed by atoms with Crippen LogP contribution in [-0.2, 0) is 9.59 Å². The average Bonchev–Trinajstić information content (AvgIpc) is 2.62. The maximum absolute atomic E-state index is 11.8. The molecule has 6 nitrogen and oxygen atoms in total. The van der Waals surface area contributed by atoms with Crippen molar-refractivity contribution in [3.63, 3.8) is 0 Å². The number of carbonyl (C=O) groups is 2. The molecule has 2 aromatic rings. The number of carbonyl (C=O) groups excluding carboxylic acids is 2. The Balaban J connectivity index is 2.21. The quantitative estimate of drug-likeness (QED) is 0.475. The minimum Gasteiger partial charge on any atom is -0.490 e. The van der Waals surface area contributed by atoms with Gasteiger partial charge in [0.15, 0.2) is 0 Å². The molecule has 2 N–H and O–H groups in total. The molecular weight excluding hydrogens is 330 g/mol. The minimum atomic E-state index is -0.798. The molecule has 0 aliphatic rings. The lowest BCUT2D eigenvalue weighted by Gasteiger charge is -2.14. The van der Waals surface area contributed by atoms with Crippen molar-refractivity contribution in [1.82, 2.24) is 10.7 Å². The highest BCUT2D eigenvalue weighted by Crippen LogP contribution is 2.27. The summed E-state index contributed by atoms with van der Waals surface area (Å²) in [7, 11) is 0. The summed E-state index contributed by atoms with van der Waals surface area (Å²) < 4.78 is 5.84. The number of ether oxygens (including phenoxy) is 1. The zero-order valence-electron chi connectivity index (χ0n) is 15.6. The molecule has 6 heteroatoms. The van der Waals surface area contributed by atoms with E-state index >= 15 is 0 Å². The Labute approximate surface area is 153 Å². The van der Waals surface area contributed by atoms with E-state index in [0.29, 0.717) is 5.75 Å². The largest absolute Gasteiger partial charge is 0.490 e. The Morgan fingerprint density at radius 1 is 1.12 bits per heavy atom. The van der Waals surface area contributed by atoms with Crippen molar-refractivity contribution in [1.29, 1.82) is 0 Å². The van der Waals surface area contributed by atoms with E-state index in [1.54, 1.807) is 0 Å². The van der Waals surface area contributed by atoms with Crippen molar-refractivity contribution in [3.05, 3.63) is 42.0 Å². The normalized spacial score (nSPS) is 12.3. The molecule has 2 aromatic carbocycles. The van der Waals surface area contributed by atoms with Crippen LogP contribution in [0.4, 0.5) is 0 Å². The van der Waals surface area contributed by atoms with Gasteiger partial charge in [-0.05, 0) is 44.0 Å². The van der Waals surface area contributed by atoms with Crippen molar-refractivity contribution in [3.8, 4) is 5.75 Å². The highest BCUT2D eigenvalue weighted by atomic mass is 16.5. The molecule has 0 aliphatic heterocycles. The zero-order valence-corrected chi connectivity index (χ0v) is 15.6. The monoisotopic (exact) mass is 355 g/mol. The SMILES string of the molecule is CC[C@@H](C)NC(=O)C(=O)N/N=C\c1c(OC(C)C)ccc2ccccc12. The number of nitrogens with zero attached hydrogens (tertiary/aromatic N) is 1. The van der Waals surface area contributed by atoms with E-state index in [9.17, 15) is 9.59 Å². The maximum Gasteiger partial charge on any atom is 0.329 e. The molecule has 0 saturated heterocycles. The van der Waals surface area contributed by atoms with Gasteiger partial charge in [0, 0.05) is 11.6 Å². The molecule has 0 unspecified atom stereocenters. The third kappa shape index (κ3) is 5.05. The highest BCUT2D eigenvalue weighted by molar-refractivity contribution is 6.35. The first-order chi connectivity index (χ1) is 12.4. The first-order valence-electron chi connectivity index (χ1n) is 8.74. The van der Waals surface area contributed by atoms with Gasteiger partial charge >= 0.3 is 11.8 Å². The van der Waals surface area contributed by atoms with E-state index in [0.717, 1.165) is 22.8 Å². The molecule has 0 aliphatic carbocycles. The van der Waals surface area contributed by atoms with Crippen molar-refractivity contribution < 1.29 is 14.3 Å². The summed E-state index contributed by atoms with van der Waals surface area (Å²) in [6.45, 7) is 7.64. The summed E-state index contributed by atoms with van der Waals surface area (Å²) in [4.78, 5) is 23.6. The van der Waals surface area contributed by atoms with Crippen LogP contribution in [0.25, 0.3) is 10.8 Å². The molecule has 0 fully saturated rings. The Hall–Kier alpha value is -2.89. The molecule has 0 radical (unpaired) electrons. The first-order valence-corrected chi connectivity index (χ1v) is 8.74. The van der Waals surface area contributed by atoms with Crippen LogP contribution < -0.4 is 15.5 Å². The molecule has 1 atom stereocenters. The van der Waals surface area contributed by atoms with Crippen LogP contribution in [0.5, 0.6) is 5.75 Å². The number of hydrogen-bond acceptors (Lipinski definition) is 4. The van der Waals surface area contributed by atoms with E-state index in [1.165, 1.54) is 6.21 Å². The second-order valence-corrected chi connectivity index (χ2v) is 6.35. The van der Waals surface area contributed by atoms with E-state index in [1.807, 2.05) is 64.1 Å². The van der Waals surface area contributed by atoms with Crippen molar-refractivity contribution in [2.45, 2.75) is 46.3 Å². The van der Waals surface area contributed by atoms with Gasteiger partial charge in [0.25, 0.3) is 0 Å². The van der Waals surface area contributed by atoms with Gasteiger partial charge in [-0.25, -0.2) is 5.43 Å². The average molecular weight is 355 g/mol. The molecule has 0 aromatic heterocycles. The minimum absolute atomic E-state index is 0.000729. The van der Waals surface area contributed by atoms with Gasteiger partial charge in [-0.3, -0.25) is 9.59 Å². The summed E-state index contributed by atoms with van der Waals surface area (Å²) in [5.41, 5.74) is 3.02. The number of amides is 2. The number of hydrazone groups is 1. The number of nitrogens with one attached hydrogen (secondary N) is 2. The van der Waals surface area contributed by atoms with Crippen LogP contribution in [0.3, 0.4) is 0 Å². The topological polar surface area (TPSA) is 79.8 Å². The second kappa shape index (κ2) is 8.99. The van der Waals surface area contributed by atoms with Crippen molar-refractivity contribution >= 4 is 28.8 Å². The molecule has 0 heterocycles. The highest BCUT2D eigenvalue weighted by Gasteiger charge is 2.14. The fourth-order valence-electron chi connectivity index (χ4n) is 2.36. The van der Waals surface area contributed by atoms with Gasteiger partial charge in [-0.15, -0.1) is 0 Å². The summed E-state index contributed by atoms with van der Waals surface area (Å²) in [6.07, 6.45) is 2.25. The number of rotatable bonds is 6. The summed E-state index contributed by atoms with van der Waals surface area (Å²) in [6, 6.07) is 11.6. The lowest BCUT2D eigenvalue weighted by atomic mass is 10.0. The molecule has 0 bridgehead atoms. The van der Waals surface area contributed by atoms with E-state index in [-0.39, 0.29) is 12.1 Å². The number of benzene rings is 2. The van der Waals surface area contributed by atoms with Crippen LogP contribution >= 0.6 is 0 Å². The fourth-order valence-corrected chi connectivity index (χ4v) is 2.36. The van der Waals surface area contributed by atoms with Gasteiger partial charge in [0.2, 0.25) is 0 Å². The summed E-state index contributed by atoms with van der Waals surface area (Å²) in [5, 5.41) is 8.53. The molecule has 0 saturated carbocycles. The molecule has 0 spiro atoms. The Morgan fingerprint density at radius 2 is 1.85 bits per heavy atom. The Morgan fingerprint density at radius 3 is 2.54 bits per heavy atom. The third-order valence-corrected chi connectivity index (χ3v) is 3.85. The lowest BCUT2D eigenvalue weighted by Crippen LogP contribution is -2.41. The van der Waals surface area contributed by atoms with E-state index in [4.69, 9.17) is 4.74 Å². The number of hydrogen-bond donors (Lipinski definition) is 2. The summed E-state index contributed by atoms with van der Waals surface area (Å²) >= 11 is 0. The van der Waals surface area contributed by atoms with Crippen LogP contribution in [0, 0.1) is 0 Å². The van der Waals surface area contributed by atoms with Crippen LogP contribution in [-0.4, -0.2) is 30.2 Å². The number of fused-ring (bicyclic) bond motifs is 1. The predicted octanol–water partition coefficient (Wildman–Crippen LogP) is 2.99. The maximum atomic E-state index is 11.8. The van der Waals surface area contributed by atoms with Crippen molar-refractivity contribution in [2.75, 3.05) is 0 Å². The first kappa shape index (κ1) is 19.4. The van der Waals surface area contributed by atoms with Crippen LogP contribution in [0.15, 0.2) is 41.5 Å². The van der Waals surface area contributed by atoms with Crippen molar-refractivity contribution in [2.24, 2.45) is 5.10 Å². The standard InChI is InChI=1S/C20H25N3O3/c1-5-14(4)22-19(24)20(25)23-21-12-17-16-9-7-6-8-15(16)10-11-18(17)26-13(2)3/h6-14H,5H2,1-4H3,(H,22,24)(H,23,25)/b21-12-/t14-/m1/s1. The van der Waals surface area contributed by atoms with Gasteiger partial charge in [0.05, 0.1) is 12.3 Å². The Kier molecular flexibility index (Phi) is 6.72. The lowest BCUT2D eigenvalue weighted by molar-refractivity contribution is -0.139. The van der Waals surface area contributed by atoms with Crippen LogP contribution in [0.2, 0.25) is 0 Å². The van der Waals surface area contributed by atoms with E-state index in [2.05, 4.69) is 15.8 Å². The molecule has 138 valence electrons. The fraction of sp³-hybridized carbons (Fsp3) is 0.350. The molecule has 2 amide bonds. The molecular formula is C20H25N3O3. The Bertz CT molecular complexity index is 815. The van der Waals surface area contributed by atoms with Gasteiger partial charge in [-0.1, -0.05) is 37.3 Å². The van der Waals surface area contributed by atoms with Gasteiger partial charge < -0.3 is 10.1 Å². The van der Waals surface area contributed by atoms with Crippen LogP contribution in [0.1, 0.15) is 39.7 Å². The predicted molar refractivity (Wildman–Crippen MR) is 103 cm³/mol. The smallest absolute Gasteiger partial charge is 0.329 e. The molecule has 26 heavy (non-hydrogen) atoms.